The number of methoxy groups -OCH3 is 1. The number of nitrogens with two attached hydrogens (primary N) is 1. The van der Waals surface area contributed by atoms with Crippen LogP contribution in [0.3, 0.4) is 0 Å². The highest BCUT2D eigenvalue weighted by Crippen LogP contribution is 2.53. The summed E-state index contributed by atoms with van der Waals surface area (Å²) in [6, 6.07) is 0.261. The molecule has 2 aliphatic rings. The van der Waals surface area contributed by atoms with Gasteiger partial charge in [0, 0.05) is 31.8 Å². The summed E-state index contributed by atoms with van der Waals surface area (Å²) < 4.78 is 10.6. The molecule has 2 rings (SSSR count). The molecular weight excluding hydrogens is 142 g/mol. The largest absolute Gasteiger partial charge is 0.381 e. The van der Waals surface area contributed by atoms with Crippen molar-refractivity contribution in [1.29, 1.82) is 0 Å². The lowest BCUT2D eigenvalue weighted by atomic mass is 9.96. The van der Waals surface area contributed by atoms with Crippen LogP contribution in [-0.2, 0) is 9.47 Å². The van der Waals surface area contributed by atoms with E-state index >= 15 is 0 Å². The second-order valence-electron chi connectivity index (χ2n) is 3.53. The third-order valence-electron chi connectivity index (χ3n) is 3.13. The maximum atomic E-state index is 5.91. The van der Waals surface area contributed by atoms with Gasteiger partial charge in [0.2, 0.25) is 0 Å². The summed E-state index contributed by atoms with van der Waals surface area (Å²) in [5.41, 5.74) is 6.19. The van der Waals surface area contributed by atoms with Crippen LogP contribution >= 0.6 is 0 Å². The molecule has 2 fully saturated rings. The Balaban J connectivity index is 2.01. The van der Waals surface area contributed by atoms with Gasteiger partial charge in [-0.2, -0.15) is 0 Å². The highest BCUT2D eigenvalue weighted by molar-refractivity contribution is 5.16. The van der Waals surface area contributed by atoms with Crippen LogP contribution in [0.5, 0.6) is 0 Å². The molecule has 11 heavy (non-hydrogen) atoms. The number of rotatable bonds is 1. The topological polar surface area (TPSA) is 44.5 Å². The van der Waals surface area contributed by atoms with Gasteiger partial charge in [-0.05, 0) is 12.8 Å². The second-order valence-corrected chi connectivity index (χ2v) is 3.53. The first-order valence-corrected chi connectivity index (χ1v) is 4.17. The fourth-order valence-corrected chi connectivity index (χ4v) is 2.23. The summed E-state index contributed by atoms with van der Waals surface area (Å²) >= 11 is 0. The lowest BCUT2D eigenvalue weighted by Crippen LogP contribution is -2.23. The first-order valence-electron chi connectivity index (χ1n) is 4.17. The molecule has 0 unspecified atom stereocenters. The van der Waals surface area contributed by atoms with Gasteiger partial charge in [0.05, 0.1) is 6.10 Å². The number of hydrogen-bond acceptors (Lipinski definition) is 3. The minimum absolute atomic E-state index is 0.261. The van der Waals surface area contributed by atoms with Crippen molar-refractivity contribution in [3.8, 4) is 0 Å². The molecule has 0 amide bonds. The van der Waals surface area contributed by atoms with Crippen LogP contribution in [-0.4, -0.2) is 32.5 Å². The Labute approximate surface area is 66.8 Å². The molecule has 0 aromatic heterocycles. The van der Waals surface area contributed by atoms with Gasteiger partial charge in [-0.1, -0.05) is 0 Å². The summed E-state index contributed by atoms with van der Waals surface area (Å²) in [4.78, 5) is 0. The van der Waals surface area contributed by atoms with E-state index in [0.29, 0.717) is 6.10 Å². The standard InChI is InChI=1S/C8H15NO2/c1-10-7-6(9)8(7)2-4-11-5-3-8/h6-7H,2-5,9H2,1H3/t6-,7+/m1/s1. The van der Waals surface area contributed by atoms with Crippen LogP contribution in [0, 0.1) is 5.41 Å². The van der Waals surface area contributed by atoms with Crippen molar-refractivity contribution in [2.24, 2.45) is 11.1 Å². The molecule has 3 nitrogen and oxygen atoms in total. The number of ether oxygens (including phenoxy) is 2. The van der Waals surface area contributed by atoms with Crippen LogP contribution in [0.2, 0.25) is 0 Å². The summed E-state index contributed by atoms with van der Waals surface area (Å²) in [6.07, 6.45) is 2.45. The Hall–Kier alpha value is -0.120. The zero-order chi connectivity index (χ0) is 7.90. The zero-order valence-electron chi connectivity index (χ0n) is 6.88. The first kappa shape index (κ1) is 7.53. The van der Waals surface area contributed by atoms with Gasteiger partial charge < -0.3 is 15.2 Å². The van der Waals surface area contributed by atoms with E-state index in [1.54, 1.807) is 7.11 Å². The first-order chi connectivity index (χ1) is 5.31. The SMILES string of the molecule is CO[C@H]1[C@@H](N)C12CCOCC2. The highest BCUT2D eigenvalue weighted by Gasteiger charge is 2.63. The van der Waals surface area contributed by atoms with E-state index in [4.69, 9.17) is 15.2 Å². The molecule has 3 heteroatoms. The molecule has 1 saturated carbocycles. The summed E-state index contributed by atoms with van der Waals surface area (Å²) in [5, 5.41) is 0. The molecule has 1 spiro atoms. The lowest BCUT2D eigenvalue weighted by Gasteiger charge is -2.22. The van der Waals surface area contributed by atoms with E-state index in [0.717, 1.165) is 26.1 Å². The van der Waals surface area contributed by atoms with Crippen LogP contribution in [0.1, 0.15) is 12.8 Å². The van der Waals surface area contributed by atoms with Gasteiger partial charge in [0.15, 0.2) is 0 Å². The predicted octanol–water partition coefficient (Wildman–Crippen LogP) is 0.139. The fourth-order valence-electron chi connectivity index (χ4n) is 2.23. The van der Waals surface area contributed by atoms with Crippen LogP contribution in [0.15, 0.2) is 0 Å². The Morgan fingerprint density at radius 1 is 1.45 bits per heavy atom. The van der Waals surface area contributed by atoms with Crippen molar-refractivity contribution >= 4 is 0 Å². The van der Waals surface area contributed by atoms with E-state index in [1.807, 2.05) is 0 Å². The van der Waals surface area contributed by atoms with Crippen molar-refractivity contribution < 1.29 is 9.47 Å². The maximum Gasteiger partial charge on any atom is 0.0802 e. The molecule has 64 valence electrons. The van der Waals surface area contributed by atoms with E-state index in [-0.39, 0.29) is 11.5 Å². The molecular formula is C8H15NO2. The molecule has 2 atom stereocenters. The van der Waals surface area contributed by atoms with E-state index in [1.165, 1.54) is 0 Å². The summed E-state index contributed by atoms with van der Waals surface area (Å²) in [5.74, 6) is 0. The number of hydrogen-bond donors (Lipinski definition) is 1. The van der Waals surface area contributed by atoms with E-state index < -0.39 is 0 Å². The molecule has 0 aromatic carbocycles. The molecule has 1 saturated heterocycles. The fraction of sp³-hybridized carbons (Fsp3) is 1.00. The maximum absolute atomic E-state index is 5.91. The lowest BCUT2D eigenvalue weighted by molar-refractivity contribution is 0.0300. The Morgan fingerprint density at radius 2 is 2.09 bits per heavy atom. The van der Waals surface area contributed by atoms with E-state index in [9.17, 15) is 0 Å². The zero-order valence-corrected chi connectivity index (χ0v) is 6.88. The normalized spacial score (nSPS) is 40.9. The quantitative estimate of drug-likeness (QED) is 0.589. The summed E-state index contributed by atoms with van der Waals surface area (Å²) in [6.45, 7) is 1.71. The Bertz CT molecular complexity index is 154. The van der Waals surface area contributed by atoms with Crippen molar-refractivity contribution in [2.75, 3.05) is 20.3 Å². The van der Waals surface area contributed by atoms with Crippen molar-refractivity contribution in [1.82, 2.24) is 0 Å². The molecule has 1 aliphatic heterocycles. The average Bonchev–Trinajstić information content (AvgIpc) is 2.57. The molecule has 0 bridgehead atoms. The van der Waals surface area contributed by atoms with Gasteiger partial charge in [0.25, 0.3) is 0 Å². The molecule has 0 radical (unpaired) electrons. The van der Waals surface area contributed by atoms with Crippen molar-refractivity contribution in [2.45, 2.75) is 25.0 Å². The average molecular weight is 157 g/mol. The molecule has 2 N–H and O–H groups in total. The third kappa shape index (κ3) is 0.916. The van der Waals surface area contributed by atoms with Gasteiger partial charge in [-0.25, -0.2) is 0 Å². The molecule has 0 aromatic rings. The predicted molar refractivity (Wildman–Crippen MR) is 41.3 cm³/mol. The van der Waals surface area contributed by atoms with Crippen LogP contribution < -0.4 is 5.73 Å². The minimum atomic E-state index is 0.261. The Kier molecular flexibility index (Phi) is 1.67. The van der Waals surface area contributed by atoms with Crippen LogP contribution in [0.25, 0.3) is 0 Å². The Morgan fingerprint density at radius 3 is 2.55 bits per heavy atom. The van der Waals surface area contributed by atoms with Gasteiger partial charge >= 0.3 is 0 Å². The van der Waals surface area contributed by atoms with Gasteiger partial charge in [0.1, 0.15) is 0 Å². The third-order valence-corrected chi connectivity index (χ3v) is 3.13. The monoisotopic (exact) mass is 157 g/mol. The van der Waals surface area contributed by atoms with Crippen molar-refractivity contribution in [3.63, 3.8) is 0 Å². The smallest absolute Gasteiger partial charge is 0.0802 e. The highest BCUT2D eigenvalue weighted by atomic mass is 16.5. The van der Waals surface area contributed by atoms with Crippen molar-refractivity contribution in [3.05, 3.63) is 0 Å². The van der Waals surface area contributed by atoms with Gasteiger partial charge in [-0.15, -0.1) is 0 Å². The second kappa shape index (κ2) is 2.44. The molecule has 1 aliphatic carbocycles. The van der Waals surface area contributed by atoms with E-state index in [2.05, 4.69) is 0 Å². The minimum Gasteiger partial charge on any atom is -0.381 e. The molecule has 1 heterocycles. The summed E-state index contributed by atoms with van der Waals surface area (Å²) in [7, 11) is 1.74. The van der Waals surface area contributed by atoms with Crippen LogP contribution in [0.4, 0.5) is 0 Å². The van der Waals surface area contributed by atoms with Gasteiger partial charge in [-0.3, -0.25) is 0 Å².